The molecule has 2 aliphatic rings. The van der Waals surface area contributed by atoms with Crippen LogP contribution in [0.5, 0.6) is 0 Å². The van der Waals surface area contributed by atoms with Crippen LogP contribution >= 0.6 is 0 Å². The van der Waals surface area contributed by atoms with Crippen molar-refractivity contribution in [2.75, 3.05) is 13.1 Å². The monoisotopic (exact) mass is 459 g/mol. The first-order valence-corrected chi connectivity index (χ1v) is 12.2. The van der Waals surface area contributed by atoms with E-state index >= 15 is 0 Å². The van der Waals surface area contributed by atoms with Crippen LogP contribution in [-0.2, 0) is 17.8 Å². The second kappa shape index (κ2) is 8.58. The summed E-state index contributed by atoms with van der Waals surface area (Å²) >= 11 is 0. The molecule has 178 valence electrons. The summed E-state index contributed by atoms with van der Waals surface area (Å²) in [6.45, 7) is 11.3. The predicted molar refractivity (Wildman–Crippen MR) is 134 cm³/mol. The summed E-state index contributed by atoms with van der Waals surface area (Å²) in [6.07, 6.45) is 3.38. The Hall–Kier alpha value is -3.12. The lowest BCUT2D eigenvalue weighted by atomic mass is 9.96. The fourth-order valence-electron chi connectivity index (χ4n) is 5.15. The number of rotatable bonds is 3. The van der Waals surface area contributed by atoms with Gasteiger partial charge in [0, 0.05) is 24.0 Å². The van der Waals surface area contributed by atoms with Gasteiger partial charge in [-0.2, -0.15) is 0 Å². The summed E-state index contributed by atoms with van der Waals surface area (Å²) in [7, 11) is 0. The third-order valence-corrected chi connectivity index (χ3v) is 6.77. The predicted octanol–water partition coefficient (Wildman–Crippen LogP) is 5.63. The lowest BCUT2D eigenvalue weighted by Gasteiger charge is -2.26. The second-order valence-corrected chi connectivity index (χ2v) is 10.5. The number of hydrogen-bond acceptors (Lipinski definition) is 4. The van der Waals surface area contributed by atoms with Gasteiger partial charge in [0.05, 0.1) is 16.8 Å². The second-order valence-electron chi connectivity index (χ2n) is 10.5. The number of amides is 1. The molecule has 6 nitrogen and oxygen atoms in total. The van der Waals surface area contributed by atoms with Crippen LogP contribution in [0, 0.1) is 6.92 Å². The summed E-state index contributed by atoms with van der Waals surface area (Å²) in [4.78, 5) is 28.7. The molecule has 6 heteroatoms. The lowest BCUT2D eigenvalue weighted by Crippen LogP contribution is -2.29. The normalized spacial score (nSPS) is 16.5. The van der Waals surface area contributed by atoms with E-state index in [1.165, 1.54) is 24.8 Å². The van der Waals surface area contributed by atoms with Crippen molar-refractivity contribution in [3.05, 3.63) is 58.7 Å². The van der Waals surface area contributed by atoms with E-state index in [0.29, 0.717) is 17.8 Å². The number of hydrogen-bond donors (Lipinski definition) is 1. The average Bonchev–Trinajstić information content (AvgIpc) is 3.35. The number of nitrogens with zero attached hydrogens (tertiary/aromatic N) is 2. The highest BCUT2D eigenvalue weighted by Gasteiger charge is 2.29. The Balaban J connectivity index is 1.64. The Morgan fingerprint density at radius 1 is 1.06 bits per heavy atom. The number of benzene rings is 2. The summed E-state index contributed by atoms with van der Waals surface area (Å²) in [5.74, 6) is -0.0968. The van der Waals surface area contributed by atoms with Gasteiger partial charge in [0.15, 0.2) is 0 Å². The van der Waals surface area contributed by atoms with E-state index in [1.807, 2.05) is 52.0 Å². The van der Waals surface area contributed by atoms with Crippen molar-refractivity contribution in [1.82, 2.24) is 14.8 Å². The minimum Gasteiger partial charge on any atom is -0.443 e. The molecule has 34 heavy (non-hydrogen) atoms. The van der Waals surface area contributed by atoms with Crippen LogP contribution in [0.3, 0.4) is 0 Å². The molecule has 2 aliphatic heterocycles. The lowest BCUT2D eigenvalue weighted by molar-refractivity contribution is 0.0547. The van der Waals surface area contributed by atoms with Crippen molar-refractivity contribution in [2.45, 2.75) is 65.6 Å². The highest BCUT2D eigenvalue weighted by atomic mass is 16.6. The van der Waals surface area contributed by atoms with Gasteiger partial charge in [0.2, 0.25) is 0 Å². The molecule has 2 aromatic carbocycles. The van der Waals surface area contributed by atoms with Crippen LogP contribution in [0.25, 0.3) is 22.2 Å². The van der Waals surface area contributed by atoms with Gasteiger partial charge >= 0.3 is 6.09 Å². The van der Waals surface area contributed by atoms with Crippen LogP contribution in [0.15, 0.2) is 36.4 Å². The van der Waals surface area contributed by atoms with E-state index in [2.05, 4.69) is 22.3 Å². The Morgan fingerprint density at radius 2 is 1.82 bits per heavy atom. The molecule has 3 heterocycles. The van der Waals surface area contributed by atoms with Crippen LogP contribution in [-0.4, -0.2) is 40.2 Å². The molecule has 1 saturated heterocycles. The first-order chi connectivity index (χ1) is 16.2. The standard InChI is InChI=1S/C28H33N3O3/c1-18-8-10-21(25-22(18)16-29-26(25)32)24-15-20-14-19(17-30-12-6-5-7-13-30)9-11-23(20)31(24)27(33)34-28(2,3)4/h8-11,14-15H,5-7,12-13,16-17H2,1-4H3,(H,29,32). The molecule has 0 atom stereocenters. The van der Waals surface area contributed by atoms with Crippen molar-refractivity contribution in [3.63, 3.8) is 0 Å². The van der Waals surface area contributed by atoms with Gasteiger partial charge < -0.3 is 10.1 Å². The van der Waals surface area contributed by atoms with E-state index in [0.717, 1.165) is 47.2 Å². The van der Waals surface area contributed by atoms with Crippen LogP contribution in [0.1, 0.15) is 67.1 Å². The van der Waals surface area contributed by atoms with Crippen LogP contribution in [0.4, 0.5) is 4.79 Å². The number of carbonyl (C=O) groups is 2. The van der Waals surface area contributed by atoms with Crippen LogP contribution < -0.4 is 5.32 Å². The van der Waals surface area contributed by atoms with Gasteiger partial charge in [-0.05, 0) is 88.5 Å². The highest BCUT2D eigenvalue weighted by Crippen LogP contribution is 2.36. The van der Waals surface area contributed by atoms with Crippen molar-refractivity contribution in [3.8, 4) is 11.3 Å². The smallest absolute Gasteiger partial charge is 0.419 e. The maximum absolute atomic E-state index is 13.4. The molecular formula is C28H33N3O3. The van der Waals surface area contributed by atoms with Crippen molar-refractivity contribution >= 4 is 22.9 Å². The summed E-state index contributed by atoms with van der Waals surface area (Å²) < 4.78 is 7.42. The van der Waals surface area contributed by atoms with Crippen molar-refractivity contribution in [2.24, 2.45) is 0 Å². The molecule has 3 aromatic rings. The van der Waals surface area contributed by atoms with Gasteiger partial charge in [0.1, 0.15) is 5.60 Å². The molecule has 1 amide bonds. The number of piperidine rings is 1. The third-order valence-electron chi connectivity index (χ3n) is 6.77. The Bertz CT molecular complexity index is 1280. The number of fused-ring (bicyclic) bond motifs is 2. The highest BCUT2D eigenvalue weighted by molar-refractivity contribution is 6.07. The number of nitrogens with one attached hydrogen (secondary N) is 1. The topological polar surface area (TPSA) is 63.6 Å². The minimum absolute atomic E-state index is 0.0968. The fraction of sp³-hybridized carbons (Fsp3) is 0.429. The van der Waals surface area contributed by atoms with E-state index in [-0.39, 0.29) is 5.91 Å². The summed E-state index contributed by atoms with van der Waals surface area (Å²) in [5.41, 5.74) is 5.55. The number of carbonyl (C=O) groups excluding carboxylic acids is 2. The quantitative estimate of drug-likeness (QED) is 0.551. The van der Waals surface area contributed by atoms with E-state index in [9.17, 15) is 9.59 Å². The number of ether oxygens (including phenoxy) is 1. The molecule has 0 radical (unpaired) electrons. The van der Waals surface area contributed by atoms with E-state index in [1.54, 1.807) is 4.57 Å². The largest absolute Gasteiger partial charge is 0.443 e. The summed E-state index contributed by atoms with van der Waals surface area (Å²) in [6, 6.07) is 12.3. The van der Waals surface area contributed by atoms with Gasteiger partial charge in [-0.15, -0.1) is 0 Å². The van der Waals surface area contributed by atoms with Crippen LogP contribution in [0.2, 0.25) is 0 Å². The van der Waals surface area contributed by atoms with Gasteiger partial charge in [-0.3, -0.25) is 9.69 Å². The minimum atomic E-state index is -0.633. The molecule has 0 unspecified atom stereocenters. The molecule has 1 aromatic heterocycles. The first kappa shape index (κ1) is 22.7. The van der Waals surface area contributed by atoms with Gasteiger partial charge in [-0.25, -0.2) is 9.36 Å². The van der Waals surface area contributed by atoms with Crippen molar-refractivity contribution < 1.29 is 14.3 Å². The van der Waals surface area contributed by atoms with Gasteiger partial charge in [-0.1, -0.05) is 24.6 Å². The number of aromatic nitrogens is 1. The Morgan fingerprint density at radius 3 is 2.56 bits per heavy atom. The molecule has 0 bridgehead atoms. The fourth-order valence-corrected chi connectivity index (χ4v) is 5.15. The molecule has 0 spiro atoms. The number of likely N-dealkylation sites (tertiary alicyclic amines) is 1. The van der Waals surface area contributed by atoms with E-state index in [4.69, 9.17) is 4.74 Å². The molecule has 5 rings (SSSR count). The molecule has 1 N–H and O–H groups in total. The van der Waals surface area contributed by atoms with Crippen molar-refractivity contribution in [1.29, 1.82) is 0 Å². The first-order valence-electron chi connectivity index (χ1n) is 12.2. The van der Waals surface area contributed by atoms with E-state index < -0.39 is 11.7 Å². The average molecular weight is 460 g/mol. The SMILES string of the molecule is Cc1ccc(-c2cc3cc(CN4CCCCC4)ccc3n2C(=O)OC(C)(C)C)c2c1CNC2=O. The molecule has 1 fully saturated rings. The zero-order chi connectivity index (χ0) is 24.0. The summed E-state index contributed by atoms with van der Waals surface area (Å²) in [5, 5.41) is 3.92. The van der Waals surface area contributed by atoms with Gasteiger partial charge in [0.25, 0.3) is 5.91 Å². The third kappa shape index (κ3) is 4.23. The number of aryl methyl sites for hydroxylation is 1. The zero-order valence-electron chi connectivity index (χ0n) is 20.5. The maximum atomic E-state index is 13.4. The molecule has 0 saturated carbocycles. The molecule has 0 aliphatic carbocycles. The Kier molecular flexibility index (Phi) is 5.72. The Labute approximate surface area is 200 Å². The zero-order valence-corrected chi connectivity index (χ0v) is 20.5. The molecular weight excluding hydrogens is 426 g/mol. The maximum Gasteiger partial charge on any atom is 0.419 e.